The Balaban J connectivity index is 2.26. The van der Waals surface area contributed by atoms with Crippen LogP contribution in [0.5, 0.6) is 0 Å². The lowest BCUT2D eigenvalue weighted by atomic mass is 9.67. The van der Waals surface area contributed by atoms with Gasteiger partial charge in [-0.15, -0.1) is 0 Å². The van der Waals surface area contributed by atoms with E-state index in [2.05, 4.69) is 21.2 Å². The van der Waals surface area contributed by atoms with Gasteiger partial charge in [-0.25, -0.2) is 4.79 Å². The maximum atomic E-state index is 12.3. The van der Waals surface area contributed by atoms with Crippen molar-refractivity contribution in [2.75, 3.05) is 14.2 Å². The van der Waals surface area contributed by atoms with Crippen LogP contribution in [-0.4, -0.2) is 31.7 Å². The molecule has 0 saturated heterocycles. The van der Waals surface area contributed by atoms with Crippen molar-refractivity contribution >= 4 is 22.0 Å². The van der Waals surface area contributed by atoms with Crippen molar-refractivity contribution in [2.45, 2.75) is 50.5 Å². The largest absolute Gasteiger partial charge is 0.444 e. The fourth-order valence-electron chi connectivity index (χ4n) is 2.89. The molecule has 1 aromatic rings. The number of ether oxygens (including phenoxy) is 3. The fraction of sp³-hybridized carbons (Fsp3) is 0.588. The van der Waals surface area contributed by atoms with Crippen molar-refractivity contribution in [3.63, 3.8) is 0 Å². The first-order chi connectivity index (χ1) is 10.6. The topological polar surface area (TPSA) is 56.8 Å². The highest BCUT2D eigenvalue weighted by Crippen LogP contribution is 2.51. The molecule has 128 valence electrons. The first kappa shape index (κ1) is 18.2. The molecule has 5 nitrogen and oxygen atoms in total. The monoisotopic (exact) mass is 385 g/mol. The quantitative estimate of drug-likeness (QED) is 0.797. The minimum absolute atomic E-state index is 0.446. The molecule has 0 aromatic heterocycles. The van der Waals surface area contributed by atoms with E-state index >= 15 is 0 Å². The van der Waals surface area contributed by atoms with Crippen LogP contribution in [0.3, 0.4) is 0 Å². The fourth-order valence-corrected chi connectivity index (χ4v) is 3.29. The van der Waals surface area contributed by atoms with Crippen LogP contribution in [0.1, 0.15) is 39.2 Å². The maximum absolute atomic E-state index is 12.3. The molecule has 0 spiro atoms. The number of benzene rings is 1. The molecule has 1 aliphatic rings. The predicted octanol–water partition coefficient (Wildman–Crippen LogP) is 3.95. The van der Waals surface area contributed by atoms with E-state index in [0.29, 0.717) is 12.8 Å². The molecule has 0 heterocycles. The smallest absolute Gasteiger partial charge is 0.408 e. The van der Waals surface area contributed by atoms with Gasteiger partial charge < -0.3 is 19.5 Å². The molecular weight excluding hydrogens is 362 g/mol. The van der Waals surface area contributed by atoms with E-state index in [1.165, 1.54) is 0 Å². The number of carbonyl (C=O) groups excluding carboxylic acids is 1. The summed E-state index contributed by atoms with van der Waals surface area (Å²) in [5.41, 5.74) is -0.133. The molecule has 1 aliphatic carbocycles. The van der Waals surface area contributed by atoms with Crippen LogP contribution >= 0.6 is 15.9 Å². The zero-order valence-corrected chi connectivity index (χ0v) is 15.8. The summed E-state index contributed by atoms with van der Waals surface area (Å²) in [5, 5.41) is 3.01. The van der Waals surface area contributed by atoms with Gasteiger partial charge in [0, 0.05) is 31.5 Å². The van der Waals surface area contributed by atoms with E-state index in [4.69, 9.17) is 14.2 Å². The van der Waals surface area contributed by atoms with Crippen LogP contribution in [0.2, 0.25) is 0 Å². The summed E-state index contributed by atoms with van der Waals surface area (Å²) in [6.45, 7) is 5.52. The molecule has 2 rings (SSSR count). The summed E-state index contributed by atoms with van der Waals surface area (Å²) in [7, 11) is 3.23. The van der Waals surface area contributed by atoms with E-state index in [1.807, 2.05) is 45.0 Å². The van der Waals surface area contributed by atoms with Gasteiger partial charge in [0.1, 0.15) is 5.60 Å². The van der Waals surface area contributed by atoms with Crippen molar-refractivity contribution in [3.8, 4) is 0 Å². The summed E-state index contributed by atoms with van der Waals surface area (Å²) in [5.74, 6) is -0.683. The maximum Gasteiger partial charge on any atom is 0.408 e. The van der Waals surface area contributed by atoms with Crippen molar-refractivity contribution < 1.29 is 19.0 Å². The number of methoxy groups -OCH3 is 2. The summed E-state index contributed by atoms with van der Waals surface area (Å²) < 4.78 is 17.3. The summed E-state index contributed by atoms with van der Waals surface area (Å²) in [4.78, 5) is 12.3. The second kappa shape index (κ2) is 6.42. The first-order valence-corrected chi connectivity index (χ1v) is 8.30. The molecule has 0 radical (unpaired) electrons. The molecule has 0 atom stereocenters. The Morgan fingerprint density at radius 1 is 1.22 bits per heavy atom. The van der Waals surface area contributed by atoms with Gasteiger partial charge in [-0.2, -0.15) is 0 Å². The Morgan fingerprint density at radius 3 is 2.30 bits per heavy atom. The number of halogens is 1. The Morgan fingerprint density at radius 2 is 1.83 bits per heavy atom. The van der Waals surface area contributed by atoms with Crippen molar-refractivity contribution in [3.05, 3.63) is 34.3 Å². The molecule has 1 fully saturated rings. The third-order valence-corrected chi connectivity index (χ3v) is 4.50. The van der Waals surface area contributed by atoms with E-state index in [-0.39, 0.29) is 0 Å². The number of amides is 1. The predicted molar refractivity (Wildman–Crippen MR) is 91.2 cm³/mol. The Hall–Kier alpha value is -1.11. The zero-order valence-electron chi connectivity index (χ0n) is 14.2. The zero-order chi connectivity index (χ0) is 17.3. The summed E-state index contributed by atoms with van der Waals surface area (Å²) in [6, 6.07) is 7.87. The highest BCUT2D eigenvalue weighted by Gasteiger charge is 2.58. The molecule has 23 heavy (non-hydrogen) atoms. The van der Waals surface area contributed by atoms with Gasteiger partial charge in [0.25, 0.3) is 0 Å². The van der Waals surface area contributed by atoms with Crippen LogP contribution in [0.25, 0.3) is 0 Å². The van der Waals surface area contributed by atoms with E-state index < -0.39 is 23.0 Å². The first-order valence-electron chi connectivity index (χ1n) is 7.51. The van der Waals surface area contributed by atoms with Crippen LogP contribution in [-0.2, 0) is 19.7 Å². The normalized spacial score (nSPS) is 18.9. The van der Waals surface area contributed by atoms with Gasteiger partial charge in [0.2, 0.25) is 0 Å². The second-order valence-electron chi connectivity index (χ2n) is 6.89. The number of alkyl carbamates (subject to hydrolysis) is 1. The lowest BCUT2D eigenvalue weighted by Gasteiger charge is -2.54. The van der Waals surface area contributed by atoms with Gasteiger partial charge in [0.05, 0.1) is 5.54 Å². The number of hydrogen-bond acceptors (Lipinski definition) is 4. The van der Waals surface area contributed by atoms with Crippen molar-refractivity contribution in [2.24, 2.45) is 0 Å². The molecule has 0 aliphatic heterocycles. The minimum atomic E-state index is -0.683. The van der Waals surface area contributed by atoms with E-state index in [9.17, 15) is 4.79 Å². The summed E-state index contributed by atoms with van der Waals surface area (Å²) in [6.07, 6.45) is 0.587. The minimum Gasteiger partial charge on any atom is -0.444 e. The molecule has 6 heteroatoms. The van der Waals surface area contributed by atoms with Gasteiger partial charge in [-0.1, -0.05) is 28.1 Å². The SMILES string of the molecule is COC1(OC)CC(NC(=O)OC(C)(C)C)(c2cccc(Br)c2)C1. The van der Waals surface area contributed by atoms with Crippen molar-refractivity contribution in [1.82, 2.24) is 5.32 Å². The molecule has 1 saturated carbocycles. The molecule has 1 amide bonds. The van der Waals surface area contributed by atoms with Gasteiger partial charge in [-0.3, -0.25) is 0 Å². The highest BCUT2D eigenvalue weighted by molar-refractivity contribution is 9.10. The van der Waals surface area contributed by atoms with Gasteiger partial charge in [-0.05, 0) is 38.5 Å². The van der Waals surface area contributed by atoms with Crippen molar-refractivity contribution in [1.29, 1.82) is 0 Å². The lowest BCUT2D eigenvalue weighted by molar-refractivity contribution is -0.282. The standard InChI is InChI=1S/C17H24BrNO4/c1-15(2,3)23-14(20)19-16(10-17(11-16,21-4)22-5)12-7-6-8-13(18)9-12/h6-9H,10-11H2,1-5H3,(H,19,20). The van der Waals surface area contributed by atoms with Crippen LogP contribution in [0.15, 0.2) is 28.7 Å². The highest BCUT2D eigenvalue weighted by atomic mass is 79.9. The lowest BCUT2D eigenvalue weighted by Crippen LogP contribution is -2.64. The Bertz CT molecular complexity index is 570. The Kier molecular flexibility index (Phi) is 5.09. The number of hydrogen-bond donors (Lipinski definition) is 1. The number of nitrogens with one attached hydrogen (secondary N) is 1. The Labute approximate surface area is 145 Å². The van der Waals surface area contributed by atoms with Crippen LogP contribution in [0, 0.1) is 0 Å². The molecular formula is C17H24BrNO4. The second-order valence-corrected chi connectivity index (χ2v) is 7.81. The number of rotatable bonds is 4. The van der Waals surface area contributed by atoms with E-state index in [1.54, 1.807) is 14.2 Å². The molecule has 1 aromatic carbocycles. The molecule has 1 N–H and O–H groups in total. The number of carbonyl (C=O) groups is 1. The van der Waals surface area contributed by atoms with Gasteiger partial charge >= 0.3 is 6.09 Å². The molecule has 0 bridgehead atoms. The molecule has 0 unspecified atom stereocenters. The van der Waals surface area contributed by atoms with E-state index in [0.717, 1.165) is 10.0 Å². The van der Waals surface area contributed by atoms with Gasteiger partial charge in [0.15, 0.2) is 5.79 Å². The third-order valence-electron chi connectivity index (χ3n) is 4.00. The average molecular weight is 386 g/mol. The van der Waals surface area contributed by atoms with Crippen LogP contribution in [0.4, 0.5) is 4.79 Å². The third kappa shape index (κ3) is 4.05. The average Bonchev–Trinajstić information content (AvgIpc) is 2.40. The summed E-state index contributed by atoms with van der Waals surface area (Å²) >= 11 is 3.48. The van der Waals surface area contributed by atoms with Crippen LogP contribution < -0.4 is 5.32 Å².